The Bertz CT molecular complexity index is 493. The van der Waals surface area contributed by atoms with E-state index in [4.69, 9.17) is 23.2 Å². The van der Waals surface area contributed by atoms with E-state index in [0.717, 1.165) is 4.90 Å². The maximum absolute atomic E-state index is 10.9. The Hall–Kier alpha value is -0.910. The molecule has 0 saturated carbocycles. The molecule has 1 amide bonds. The van der Waals surface area contributed by atoms with Gasteiger partial charge in [-0.05, 0) is 32.0 Å². The van der Waals surface area contributed by atoms with Gasteiger partial charge in [0.25, 0.3) is 0 Å². The summed E-state index contributed by atoms with van der Waals surface area (Å²) in [5.41, 5.74) is 0. The fourth-order valence-corrected chi connectivity index (χ4v) is 2.59. The van der Waals surface area contributed by atoms with Crippen LogP contribution in [-0.2, 0) is 4.84 Å². The topological polar surface area (TPSA) is 50.7 Å². The van der Waals surface area contributed by atoms with Crippen LogP contribution in [-0.4, -0.2) is 24.1 Å². The van der Waals surface area contributed by atoms with Gasteiger partial charge in [0.05, 0.1) is 16.0 Å². The molecule has 1 rings (SSSR count). The third-order valence-electron chi connectivity index (χ3n) is 1.97. The van der Waals surface area contributed by atoms with Crippen molar-refractivity contribution < 1.29 is 9.63 Å². The summed E-state index contributed by atoms with van der Waals surface area (Å²) in [6, 6.07) is 5.29. The van der Waals surface area contributed by atoms with Crippen LogP contribution < -0.4 is 5.32 Å². The van der Waals surface area contributed by atoms with Gasteiger partial charge in [-0.1, -0.05) is 28.4 Å². The van der Waals surface area contributed by atoms with Crippen LogP contribution in [0.25, 0.3) is 0 Å². The second-order valence-electron chi connectivity index (χ2n) is 4.14. The maximum atomic E-state index is 10.9. The molecule has 0 aromatic heterocycles. The van der Waals surface area contributed by atoms with E-state index in [2.05, 4.69) is 15.3 Å². The van der Waals surface area contributed by atoms with Gasteiger partial charge in [0, 0.05) is 17.0 Å². The lowest BCUT2D eigenvalue weighted by Gasteiger charge is -2.18. The fourth-order valence-electron chi connectivity index (χ4n) is 1.11. The molecule has 0 atom stereocenters. The zero-order chi connectivity index (χ0) is 14.5. The summed E-state index contributed by atoms with van der Waals surface area (Å²) < 4.78 is -0.383. The zero-order valence-electron chi connectivity index (χ0n) is 10.7. The van der Waals surface area contributed by atoms with E-state index in [9.17, 15) is 4.79 Å². The van der Waals surface area contributed by atoms with E-state index in [0.29, 0.717) is 10.0 Å². The number of hydrogen-bond acceptors (Lipinski definition) is 4. The van der Waals surface area contributed by atoms with Crippen LogP contribution in [0.2, 0.25) is 10.0 Å². The summed E-state index contributed by atoms with van der Waals surface area (Å²) in [5, 5.41) is 7.09. The number of carbonyl (C=O) groups excluding carboxylic acids is 1. The molecule has 1 N–H and O–H groups in total. The molecule has 0 unspecified atom stereocenters. The third kappa shape index (κ3) is 5.72. The van der Waals surface area contributed by atoms with Gasteiger partial charge in [-0.2, -0.15) is 0 Å². The lowest BCUT2D eigenvalue weighted by molar-refractivity contribution is 0.153. The molecular weight excluding hydrogens is 307 g/mol. The molecule has 0 radical (unpaired) electrons. The maximum Gasteiger partial charge on any atom is 0.433 e. The minimum absolute atomic E-state index is 0.383. The summed E-state index contributed by atoms with van der Waals surface area (Å²) in [6.07, 6.45) is 0.930. The van der Waals surface area contributed by atoms with E-state index >= 15 is 0 Å². The van der Waals surface area contributed by atoms with Crippen LogP contribution in [0.3, 0.4) is 0 Å². The number of amides is 1. The van der Waals surface area contributed by atoms with E-state index < -0.39 is 6.09 Å². The van der Waals surface area contributed by atoms with Crippen molar-refractivity contribution in [2.24, 2.45) is 5.16 Å². The Labute approximate surface area is 126 Å². The first-order valence-corrected chi connectivity index (χ1v) is 6.98. The van der Waals surface area contributed by atoms with Gasteiger partial charge < -0.3 is 5.32 Å². The number of oxime groups is 1. The van der Waals surface area contributed by atoms with Gasteiger partial charge in [-0.15, -0.1) is 11.8 Å². The molecule has 19 heavy (non-hydrogen) atoms. The number of rotatable bonds is 4. The molecule has 1 aromatic carbocycles. The largest absolute Gasteiger partial charge is 0.433 e. The molecule has 0 aliphatic heterocycles. The van der Waals surface area contributed by atoms with Crippen molar-refractivity contribution in [1.82, 2.24) is 5.32 Å². The SMILES string of the molecule is CNC(=O)ON=CC(C)(C)Sc1ccc(Cl)cc1Cl. The first-order chi connectivity index (χ1) is 8.84. The molecule has 4 nitrogen and oxygen atoms in total. The molecule has 104 valence electrons. The minimum atomic E-state index is -0.610. The molecule has 7 heteroatoms. The second kappa shape index (κ2) is 7.03. The van der Waals surface area contributed by atoms with Crippen molar-refractivity contribution in [3.05, 3.63) is 28.2 Å². The molecule has 0 spiro atoms. The second-order valence-corrected chi connectivity index (χ2v) is 6.68. The normalized spacial score (nSPS) is 11.6. The summed E-state index contributed by atoms with van der Waals surface area (Å²) in [5.74, 6) is 0. The summed E-state index contributed by atoms with van der Waals surface area (Å²) in [4.78, 5) is 16.3. The third-order valence-corrected chi connectivity index (χ3v) is 3.84. The van der Waals surface area contributed by atoms with Gasteiger partial charge in [-0.3, -0.25) is 4.84 Å². The number of nitrogens with one attached hydrogen (secondary N) is 1. The van der Waals surface area contributed by atoms with Crippen molar-refractivity contribution in [2.75, 3.05) is 7.05 Å². The Balaban J connectivity index is 2.70. The number of thioether (sulfide) groups is 1. The number of nitrogens with zero attached hydrogens (tertiary/aromatic N) is 1. The minimum Gasteiger partial charge on any atom is -0.323 e. The summed E-state index contributed by atoms with van der Waals surface area (Å²) in [7, 11) is 1.46. The highest BCUT2D eigenvalue weighted by atomic mass is 35.5. The standard InChI is InChI=1S/C12H14Cl2N2O2S/c1-12(2,7-16-18-11(17)15-3)19-10-5-4-8(13)6-9(10)14/h4-7H,1-3H3,(H,15,17). The van der Waals surface area contributed by atoms with Gasteiger partial charge in [0.15, 0.2) is 0 Å². The molecule has 0 bridgehead atoms. The highest BCUT2D eigenvalue weighted by Gasteiger charge is 2.19. The summed E-state index contributed by atoms with van der Waals surface area (Å²) >= 11 is 13.4. The smallest absolute Gasteiger partial charge is 0.323 e. The average Bonchev–Trinajstić information content (AvgIpc) is 2.32. The average molecular weight is 321 g/mol. The van der Waals surface area contributed by atoms with Crippen molar-refractivity contribution in [2.45, 2.75) is 23.5 Å². The Kier molecular flexibility index (Phi) is 5.97. The number of halogens is 2. The van der Waals surface area contributed by atoms with Crippen LogP contribution in [0.5, 0.6) is 0 Å². The first-order valence-electron chi connectivity index (χ1n) is 5.41. The Morgan fingerprint density at radius 2 is 2.16 bits per heavy atom. The predicted molar refractivity (Wildman–Crippen MR) is 80.4 cm³/mol. The lowest BCUT2D eigenvalue weighted by Crippen LogP contribution is -2.20. The van der Waals surface area contributed by atoms with Crippen molar-refractivity contribution in [3.8, 4) is 0 Å². The zero-order valence-corrected chi connectivity index (χ0v) is 13.1. The lowest BCUT2D eigenvalue weighted by atomic mass is 10.2. The number of benzene rings is 1. The Morgan fingerprint density at radius 1 is 1.47 bits per heavy atom. The molecule has 0 heterocycles. The highest BCUT2D eigenvalue weighted by Crippen LogP contribution is 2.36. The van der Waals surface area contributed by atoms with E-state index in [-0.39, 0.29) is 4.75 Å². The van der Waals surface area contributed by atoms with E-state index in [1.54, 1.807) is 12.1 Å². The molecule has 0 aliphatic carbocycles. The van der Waals surface area contributed by atoms with Gasteiger partial charge in [-0.25, -0.2) is 4.79 Å². The number of carbonyl (C=O) groups is 1. The quantitative estimate of drug-likeness (QED) is 0.391. The Morgan fingerprint density at radius 3 is 2.74 bits per heavy atom. The fraction of sp³-hybridized carbons (Fsp3) is 0.333. The monoisotopic (exact) mass is 320 g/mol. The first kappa shape index (κ1) is 16.1. The van der Waals surface area contributed by atoms with Crippen LogP contribution in [0, 0.1) is 0 Å². The van der Waals surface area contributed by atoms with E-state index in [1.807, 2.05) is 19.9 Å². The molecular formula is C12H14Cl2N2O2S. The van der Waals surface area contributed by atoms with Gasteiger partial charge in [0.2, 0.25) is 0 Å². The molecule has 0 aliphatic rings. The van der Waals surface area contributed by atoms with Crippen molar-refractivity contribution >= 4 is 47.3 Å². The van der Waals surface area contributed by atoms with Crippen molar-refractivity contribution in [3.63, 3.8) is 0 Å². The van der Waals surface area contributed by atoms with E-state index in [1.165, 1.54) is 25.0 Å². The van der Waals surface area contributed by atoms with Crippen molar-refractivity contribution in [1.29, 1.82) is 0 Å². The molecule has 1 aromatic rings. The predicted octanol–water partition coefficient (Wildman–Crippen LogP) is 4.21. The molecule has 0 saturated heterocycles. The van der Waals surface area contributed by atoms with Crippen LogP contribution in [0.15, 0.2) is 28.3 Å². The highest BCUT2D eigenvalue weighted by molar-refractivity contribution is 8.01. The molecule has 0 fully saturated rings. The van der Waals surface area contributed by atoms with Gasteiger partial charge >= 0.3 is 6.09 Å². The van der Waals surface area contributed by atoms with Gasteiger partial charge in [0.1, 0.15) is 0 Å². The summed E-state index contributed by atoms with van der Waals surface area (Å²) in [6.45, 7) is 3.86. The number of hydrogen-bond donors (Lipinski definition) is 1. The van der Waals surface area contributed by atoms with Crippen LogP contribution in [0.4, 0.5) is 4.79 Å². The van der Waals surface area contributed by atoms with Crippen LogP contribution >= 0.6 is 35.0 Å². The van der Waals surface area contributed by atoms with Crippen LogP contribution in [0.1, 0.15) is 13.8 Å².